The molecule has 2 nitrogen and oxygen atoms in total. The summed E-state index contributed by atoms with van der Waals surface area (Å²) in [6.07, 6.45) is 5.92. The van der Waals surface area contributed by atoms with Gasteiger partial charge in [-0.1, -0.05) is 11.6 Å². The topological polar surface area (TPSA) is 24.9 Å². The molecular weight excluding hydrogens is 207 g/mol. The van der Waals surface area contributed by atoms with Crippen LogP contribution >= 0.6 is 24.0 Å². The van der Waals surface area contributed by atoms with Gasteiger partial charge in [0.05, 0.1) is 5.02 Å². The molecular formula is C9H12Cl2N2. The molecule has 1 aromatic heterocycles. The summed E-state index contributed by atoms with van der Waals surface area (Å²) in [5.41, 5.74) is 1.18. The number of hydrogen-bond donors (Lipinski definition) is 1. The molecule has 0 radical (unpaired) electrons. The van der Waals surface area contributed by atoms with E-state index in [0.717, 1.165) is 11.6 Å². The lowest BCUT2D eigenvalue weighted by Crippen LogP contribution is -2.13. The number of hydrogen-bond acceptors (Lipinski definition) is 2. The SMILES string of the molecule is Cl.Clc1cnccc1[C@H]1CCCN1. The molecule has 72 valence electrons. The standard InChI is InChI=1S/C9H11ClN2.ClH/c10-8-6-11-5-3-7(8)9-2-1-4-12-9;/h3,5-6,9,12H,1-2,4H2;1H/t9-;/m1./s1. The van der Waals surface area contributed by atoms with Gasteiger partial charge in [0.2, 0.25) is 0 Å². The van der Waals surface area contributed by atoms with Crippen LogP contribution in [-0.2, 0) is 0 Å². The van der Waals surface area contributed by atoms with Gasteiger partial charge in [-0.25, -0.2) is 0 Å². The molecule has 13 heavy (non-hydrogen) atoms. The van der Waals surface area contributed by atoms with Crippen molar-refractivity contribution in [2.24, 2.45) is 0 Å². The van der Waals surface area contributed by atoms with Crippen molar-refractivity contribution in [3.63, 3.8) is 0 Å². The maximum Gasteiger partial charge on any atom is 0.0637 e. The molecule has 0 spiro atoms. The Morgan fingerprint density at radius 1 is 1.54 bits per heavy atom. The Labute approximate surface area is 89.1 Å². The Bertz CT molecular complexity index is 272. The van der Waals surface area contributed by atoms with Gasteiger partial charge >= 0.3 is 0 Å². The number of aromatic nitrogens is 1. The molecule has 2 heterocycles. The first-order chi connectivity index (χ1) is 5.88. The van der Waals surface area contributed by atoms with Gasteiger partial charge in [-0.2, -0.15) is 0 Å². The summed E-state index contributed by atoms with van der Waals surface area (Å²) < 4.78 is 0. The third-order valence-electron chi connectivity index (χ3n) is 2.24. The third-order valence-corrected chi connectivity index (χ3v) is 2.56. The van der Waals surface area contributed by atoms with Crippen molar-refractivity contribution < 1.29 is 0 Å². The first kappa shape index (κ1) is 10.8. The molecule has 1 atom stereocenters. The number of rotatable bonds is 1. The molecule has 1 N–H and O–H groups in total. The van der Waals surface area contributed by atoms with E-state index >= 15 is 0 Å². The van der Waals surface area contributed by atoms with Gasteiger partial charge in [0.15, 0.2) is 0 Å². The zero-order valence-corrected chi connectivity index (χ0v) is 8.74. The van der Waals surface area contributed by atoms with Crippen molar-refractivity contribution in [2.75, 3.05) is 6.54 Å². The van der Waals surface area contributed by atoms with Crippen molar-refractivity contribution in [1.29, 1.82) is 0 Å². The van der Waals surface area contributed by atoms with Crippen LogP contribution in [0.2, 0.25) is 5.02 Å². The summed E-state index contributed by atoms with van der Waals surface area (Å²) in [7, 11) is 0. The van der Waals surface area contributed by atoms with Crippen molar-refractivity contribution in [2.45, 2.75) is 18.9 Å². The van der Waals surface area contributed by atoms with Crippen LogP contribution in [0.1, 0.15) is 24.4 Å². The normalized spacial score (nSPS) is 21.2. The van der Waals surface area contributed by atoms with Crippen LogP contribution in [0.3, 0.4) is 0 Å². The van der Waals surface area contributed by atoms with Gasteiger partial charge in [-0.3, -0.25) is 4.98 Å². The second-order valence-corrected chi connectivity index (χ2v) is 3.45. The minimum atomic E-state index is 0. The van der Waals surface area contributed by atoms with E-state index in [2.05, 4.69) is 10.3 Å². The van der Waals surface area contributed by atoms with Crippen LogP contribution in [0.4, 0.5) is 0 Å². The van der Waals surface area contributed by atoms with E-state index in [-0.39, 0.29) is 12.4 Å². The zero-order chi connectivity index (χ0) is 8.39. The predicted molar refractivity (Wildman–Crippen MR) is 56.5 cm³/mol. The average Bonchev–Trinajstić information content (AvgIpc) is 2.57. The van der Waals surface area contributed by atoms with Gasteiger partial charge in [-0.05, 0) is 31.0 Å². The van der Waals surface area contributed by atoms with Gasteiger partial charge < -0.3 is 5.32 Å². The highest BCUT2D eigenvalue weighted by molar-refractivity contribution is 6.31. The molecule has 0 aromatic carbocycles. The lowest BCUT2D eigenvalue weighted by molar-refractivity contribution is 0.647. The number of nitrogens with one attached hydrogen (secondary N) is 1. The lowest BCUT2D eigenvalue weighted by Gasteiger charge is -2.11. The highest BCUT2D eigenvalue weighted by atomic mass is 35.5. The van der Waals surface area contributed by atoms with E-state index in [1.807, 2.05) is 6.07 Å². The Morgan fingerprint density at radius 2 is 2.38 bits per heavy atom. The van der Waals surface area contributed by atoms with Gasteiger partial charge in [0, 0.05) is 18.4 Å². The molecule has 0 bridgehead atoms. The molecule has 1 aliphatic heterocycles. The molecule has 0 saturated carbocycles. The quantitative estimate of drug-likeness (QED) is 0.785. The van der Waals surface area contributed by atoms with E-state index in [4.69, 9.17) is 11.6 Å². The Hall–Kier alpha value is -0.310. The second-order valence-electron chi connectivity index (χ2n) is 3.05. The highest BCUT2D eigenvalue weighted by Gasteiger charge is 2.17. The van der Waals surface area contributed by atoms with Crippen LogP contribution in [0.5, 0.6) is 0 Å². The number of nitrogens with zero attached hydrogens (tertiary/aromatic N) is 1. The van der Waals surface area contributed by atoms with E-state index < -0.39 is 0 Å². The van der Waals surface area contributed by atoms with Crippen molar-refractivity contribution >= 4 is 24.0 Å². The summed E-state index contributed by atoms with van der Waals surface area (Å²) in [6, 6.07) is 2.44. The fraction of sp³-hybridized carbons (Fsp3) is 0.444. The predicted octanol–water partition coefficient (Wildman–Crippen LogP) is 2.58. The summed E-state index contributed by atoms with van der Waals surface area (Å²) in [5.74, 6) is 0. The van der Waals surface area contributed by atoms with E-state index in [1.165, 1.54) is 18.4 Å². The second kappa shape index (κ2) is 4.80. The van der Waals surface area contributed by atoms with Crippen LogP contribution in [0.25, 0.3) is 0 Å². The Balaban J connectivity index is 0.000000845. The van der Waals surface area contributed by atoms with Crippen LogP contribution in [0, 0.1) is 0 Å². The van der Waals surface area contributed by atoms with Crippen molar-refractivity contribution in [3.8, 4) is 0 Å². The molecule has 0 aliphatic carbocycles. The zero-order valence-electron chi connectivity index (χ0n) is 7.16. The summed E-state index contributed by atoms with van der Waals surface area (Å²) in [4.78, 5) is 3.96. The van der Waals surface area contributed by atoms with Gasteiger partial charge in [-0.15, -0.1) is 12.4 Å². The van der Waals surface area contributed by atoms with Crippen LogP contribution in [0.15, 0.2) is 18.5 Å². The highest BCUT2D eigenvalue weighted by Crippen LogP contribution is 2.27. The average molecular weight is 219 g/mol. The van der Waals surface area contributed by atoms with E-state index in [0.29, 0.717) is 6.04 Å². The van der Waals surface area contributed by atoms with Gasteiger partial charge in [0.1, 0.15) is 0 Å². The monoisotopic (exact) mass is 218 g/mol. The minimum Gasteiger partial charge on any atom is -0.310 e. The summed E-state index contributed by atoms with van der Waals surface area (Å²) in [6.45, 7) is 1.10. The fourth-order valence-corrected chi connectivity index (χ4v) is 1.87. The molecule has 2 rings (SSSR count). The molecule has 1 aliphatic rings. The molecule has 4 heteroatoms. The van der Waals surface area contributed by atoms with E-state index in [1.54, 1.807) is 12.4 Å². The van der Waals surface area contributed by atoms with Crippen LogP contribution < -0.4 is 5.32 Å². The largest absolute Gasteiger partial charge is 0.310 e. The first-order valence-electron chi connectivity index (χ1n) is 4.21. The Morgan fingerprint density at radius 3 is 3.00 bits per heavy atom. The minimum absolute atomic E-state index is 0. The van der Waals surface area contributed by atoms with Crippen molar-refractivity contribution in [1.82, 2.24) is 10.3 Å². The summed E-state index contributed by atoms with van der Waals surface area (Å²) in [5, 5.41) is 4.18. The summed E-state index contributed by atoms with van der Waals surface area (Å²) >= 11 is 6.00. The first-order valence-corrected chi connectivity index (χ1v) is 4.58. The lowest BCUT2D eigenvalue weighted by atomic mass is 10.1. The molecule has 1 saturated heterocycles. The van der Waals surface area contributed by atoms with Crippen LogP contribution in [-0.4, -0.2) is 11.5 Å². The number of pyridine rings is 1. The molecule has 1 fully saturated rings. The molecule has 1 aromatic rings. The van der Waals surface area contributed by atoms with E-state index in [9.17, 15) is 0 Å². The van der Waals surface area contributed by atoms with Gasteiger partial charge in [0.25, 0.3) is 0 Å². The molecule has 0 unspecified atom stereocenters. The van der Waals surface area contributed by atoms with Crippen molar-refractivity contribution in [3.05, 3.63) is 29.0 Å². The number of halogens is 2. The smallest absolute Gasteiger partial charge is 0.0637 e. The maximum atomic E-state index is 6.00. The fourth-order valence-electron chi connectivity index (χ4n) is 1.62. The Kier molecular flexibility index (Phi) is 3.97. The third kappa shape index (κ3) is 2.33. The molecule has 0 amide bonds. The maximum absolute atomic E-state index is 6.00.